The van der Waals surface area contributed by atoms with Crippen LogP contribution >= 0.6 is 15.9 Å². The zero-order valence-corrected chi connectivity index (χ0v) is 17.7. The molecule has 0 N–H and O–H groups in total. The molecule has 3 aromatic carbocycles. The Balaban J connectivity index is 1.79. The number of halogens is 1. The first-order valence-electron chi connectivity index (χ1n) is 8.94. The molecule has 1 heterocycles. The molecule has 3 aromatic rings. The van der Waals surface area contributed by atoms with Gasteiger partial charge in [0, 0.05) is 10.9 Å². The third-order valence-corrected chi connectivity index (χ3v) is 7.02. The predicted octanol–water partition coefficient (Wildman–Crippen LogP) is 5.30. The summed E-state index contributed by atoms with van der Waals surface area (Å²) in [5, 5.41) is 4.57. The summed E-state index contributed by atoms with van der Waals surface area (Å²) in [4.78, 5) is 0.242. The van der Waals surface area contributed by atoms with E-state index in [0.29, 0.717) is 6.42 Å². The van der Waals surface area contributed by atoms with Crippen molar-refractivity contribution in [3.8, 4) is 0 Å². The van der Waals surface area contributed by atoms with Crippen molar-refractivity contribution in [2.45, 2.75) is 24.3 Å². The maximum Gasteiger partial charge on any atom is 0.279 e. The summed E-state index contributed by atoms with van der Waals surface area (Å²) in [5.74, 6) is 0. The molecular weight excluding hydrogens is 436 g/mol. The van der Waals surface area contributed by atoms with Crippen LogP contribution in [-0.4, -0.2) is 18.5 Å². The molecular formula is C22H19BrN2O2S. The number of hydrazone groups is 1. The smallest absolute Gasteiger partial charge is 0.200 e. The van der Waals surface area contributed by atoms with Gasteiger partial charge in [-0.3, -0.25) is 0 Å². The van der Waals surface area contributed by atoms with Crippen LogP contribution in [0.25, 0.3) is 0 Å². The standard InChI is InChI=1S/C22H19BrN2O2S/c1-16-7-9-17(10-8-16)21-15-22(18-11-13-19(23)14-12-18)25(24-21)28(26,27)20-5-3-2-4-6-20/h2-14,22H,15H2,1H3/t22-/m0/s1. The Hall–Kier alpha value is -2.44. The number of aryl methyl sites for hydroxylation is 1. The zero-order valence-electron chi connectivity index (χ0n) is 15.3. The summed E-state index contributed by atoms with van der Waals surface area (Å²) in [5.41, 5.74) is 3.78. The van der Waals surface area contributed by atoms with Crippen LogP contribution in [0, 0.1) is 6.92 Å². The molecule has 28 heavy (non-hydrogen) atoms. The SMILES string of the molecule is Cc1ccc(C2=NN(S(=O)(=O)c3ccccc3)[C@H](c3ccc(Br)cc3)C2)cc1. The average molecular weight is 455 g/mol. The van der Waals surface area contributed by atoms with Crippen molar-refractivity contribution in [1.29, 1.82) is 0 Å². The van der Waals surface area contributed by atoms with Crippen molar-refractivity contribution in [1.82, 2.24) is 4.41 Å². The minimum atomic E-state index is -3.76. The third-order valence-electron chi connectivity index (χ3n) is 4.80. The first-order valence-corrected chi connectivity index (χ1v) is 11.2. The quantitative estimate of drug-likeness (QED) is 0.536. The molecule has 6 heteroatoms. The van der Waals surface area contributed by atoms with Crippen LogP contribution in [-0.2, 0) is 10.0 Å². The number of rotatable bonds is 4. The van der Waals surface area contributed by atoms with E-state index in [1.807, 2.05) is 55.5 Å². The molecule has 0 radical (unpaired) electrons. The van der Waals surface area contributed by atoms with Gasteiger partial charge in [0.15, 0.2) is 0 Å². The lowest BCUT2D eigenvalue weighted by molar-refractivity contribution is 0.371. The molecule has 1 aliphatic rings. The first kappa shape index (κ1) is 18.9. The van der Waals surface area contributed by atoms with E-state index in [1.165, 1.54) is 4.41 Å². The molecule has 0 saturated heterocycles. The summed E-state index contributed by atoms with van der Waals surface area (Å²) in [6, 6.07) is 23.8. The molecule has 0 fully saturated rings. The number of sulfonamides is 1. The van der Waals surface area contributed by atoms with Gasteiger partial charge in [0.05, 0.1) is 16.6 Å². The van der Waals surface area contributed by atoms with Crippen molar-refractivity contribution in [3.63, 3.8) is 0 Å². The van der Waals surface area contributed by atoms with Crippen molar-refractivity contribution in [3.05, 3.63) is 100 Å². The molecule has 1 atom stereocenters. The second-order valence-electron chi connectivity index (χ2n) is 6.77. The Bertz CT molecular complexity index is 1110. The molecule has 0 spiro atoms. The van der Waals surface area contributed by atoms with Gasteiger partial charge < -0.3 is 0 Å². The van der Waals surface area contributed by atoms with Crippen LogP contribution in [0.2, 0.25) is 0 Å². The molecule has 142 valence electrons. The topological polar surface area (TPSA) is 49.7 Å². The zero-order chi connectivity index (χ0) is 19.7. The van der Waals surface area contributed by atoms with Gasteiger partial charge in [-0.25, -0.2) is 0 Å². The van der Waals surface area contributed by atoms with Crippen LogP contribution in [0.5, 0.6) is 0 Å². The van der Waals surface area contributed by atoms with E-state index in [-0.39, 0.29) is 10.9 Å². The lowest BCUT2D eigenvalue weighted by atomic mass is 9.99. The lowest BCUT2D eigenvalue weighted by Gasteiger charge is -2.23. The highest BCUT2D eigenvalue weighted by Crippen LogP contribution is 2.37. The Kier molecular flexibility index (Phi) is 5.08. The number of benzene rings is 3. The summed E-state index contributed by atoms with van der Waals surface area (Å²) in [7, 11) is -3.76. The van der Waals surface area contributed by atoms with Gasteiger partial charge in [0.1, 0.15) is 0 Å². The van der Waals surface area contributed by atoms with E-state index in [9.17, 15) is 8.42 Å². The fourth-order valence-corrected chi connectivity index (χ4v) is 4.98. The van der Waals surface area contributed by atoms with Crippen molar-refractivity contribution >= 4 is 31.7 Å². The fourth-order valence-electron chi connectivity index (χ4n) is 3.26. The largest absolute Gasteiger partial charge is 0.279 e. The van der Waals surface area contributed by atoms with Crippen LogP contribution in [0.15, 0.2) is 93.3 Å². The molecule has 4 rings (SSSR count). The molecule has 0 aliphatic carbocycles. The second-order valence-corrected chi connectivity index (χ2v) is 9.49. The average Bonchev–Trinajstić information content (AvgIpc) is 3.16. The normalized spacial score (nSPS) is 16.9. The summed E-state index contributed by atoms with van der Waals surface area (Å²) in [6.45, 7) is 2.02. The van der Waals surface area contributed by atoms with Crippen LogP contribution in [0.3, 0.4) is 0 Å². The highest BCUT2D eigenvalue weighted by atomic mass is 79.9. The van der Waals surface area contributed by atoms with Crippen molar-refractivity contribution < 1.29 is 8.42 Å². The van der Waals surface area contributed by atoms with E-state index >= 15 is 0 Å². The molecule has 0 bridgehead atoms. The van der Waals surface area contributed by atoms with Gasteiger partial charge in [-0.15, -0.1) is 0 Å². The molecule has 0 amide bonds. The maximum atomic E-state index is 13.3. The Morgan fingerprint density at radius 3 is 2.21 bits per heavy atom. The second kappa shape index (κ2) is 7.53. The van der Waals surface area contributed by atoms with E-state index in [0.717, 1.165) is 26.9 Å². The molecule has 0 unspecified atom stereocenters. The lowest BCUT2D eigenvalue weighted by Crippen LogP contribution is -2.27. The highest BCUT2D eigenvalue weighted by Gasteiger charge is 2.37. The predicted molar refractivity (Wildman–Crippen MR) is 115 cm³/mol. The van der Waals surface area contributed by atoms with Gasteiger partial charge >= 0.3 is 0 Å². The summed E-state index contributed by atoms with van der Waals surface area (Å²) >= 11 is 3.44. The van der Waals surface area contributed by atoms with Crippen molar-refractivity contribution in [2.24, 2.45) is 5.10 Å². The Morgan fingerprint density at radius 2 is 1.57 bits per heavy atom. The fraction of sp³-hybridized carbons (Fsp3) is 0.136. The Labute approximate surface area is 173 Å². The van der Waals surface area contributed by atoms with E-state index in [4.69, 9.17) is 0 Å². The summed E-state index contributed by atoms with van der Waals surface area (Å²) < 4.78 is 28.9. The third kappa shape index (κ3) is 3.62. The van der Waals surface area contributed by atoms with E-state index < -0.39 is 10.0 Å². The van der Waals surface area contributed by atoms with Gasteiger partial charge in [0.25, 0.3) is 10.0 Å². The minimum Gasteiger partial charge on any atom is -0.200 e. The summed E-state index contributed by atoms with van der Waals surface area (Å²) in [6.07, 6.45) is 0.525. The number of hydrogen-bond acceptors (Lipinski definition) is 3. The molecule has 0 saturated carbocycles. The Morgan fingerprint density at radius 1 is 0.929 bits per heavy atom. The van der Waals surface area contributed by atoms with Gasteiger partial charge in [-0.1, -0.05) is 76.1 Å². The maximum absolute atomic E-state index is 13.3. The van der Waals surface area contributed by atoms with Crippen LogP contribution in [0.4, 0.5) is 0 Å². The van der Waals surface area contributed by atoms with Crippen LogP contribution in [0.1, 0.15) is 29.2 Å². The van der Waals surface area contributed by atoms with E-state index in [2.05, 4.69) is 21.0 Å². The molecule has 1 aliphatic heterocycles. The van der Waals surface area contributed by atoms with E-state index in [1.54, 1.807) is 30.3 Å². The minimum absolute atomic E-state index is 0.242. The monoisotopic (exact) mass is 454 g/mol. The number of nitrogens with zero attached hydrogens (tertiary/aromatic N) is 2. The van der Waals surface area contributed by atoms with Gasteiger partial charge in [-0.05, 0) is 42.3 Å². The van der Waals surface area contributed by atoms with Gasteiger partial charge in [0.2, 0.25) is 0 Å². The van der Waals surface area contributed by atoms with Gasteiger partial charge in [-0.2, -0.15) is 17.9 Å². The van der Waals surface area contributed by atoms with Crippen molar-refractivity contribution in [2.75, 3.05) is 0 Å². The highest BCUT2D eigenvalue weighted by molar-refractivity contribution is 9.10. The first-order chi connectivity index (χ1) is 13.4. The molecule has 4 nitrogen and oxygen atoms in total. The van der Waals surface area contributed by atoms with Crippen LogP contribution < -0.4 is 0 Å². The number of hydrogen-bond donors (Lipinski definition) is 0. The molecule has 0 aromatic heterocycles.